The van der Waals surface area contributed by atoms with E-state index in [9.17, 15) is 0 Å². The molecule has 1 fully saturated rings. The van der Waals surface area contributed by atoms with Crippen LogP contribution in [-0.2, 0) is 0 Å². The van der Waals surface area contributed by atoms with Crippen molar-refractivity contribution in [1.29, 1.82) is 0 Å². The number of nitrogens with zero attached hydrogens (tertiary/aromatic N) is 1. The van der Waals surface area contributed by atoms with Crippen LogP contribution in [0, 0.1) is 5.92 Å². The smallest absolute Gasteiger partial charge is 0.165 e. The summed E-state index contributed by atoms with van der Waals surface area (Å²) in [7, 11) is 3.46. The summed E-state index contributed by atoms with van der Waals surface area (Å²) in [6.45, 7) is 7.03. The fourth-order valence-corrected chi connectivity index (χ4v) is 3.82. The lowest BCUT2D eigenvalue weighted by Gasteiger charge is -2.30. The van der Waals surface area contributed by atoms with Crippen LogP contribution >= 0.6 is 0 Å². The van der Waals surface area contributed by atoms with Crippen LogP contribution in [0.2, 0.25) is 0 Å². The van der Waals surface area contributed by atoms with Crippen molar-refractivity contribution < 1.29 is 9.47 Å². The van der Waals surface area contributed by atoms with Crippen molar-refractivity contribution in [3.8, 4) is 11.5 Å². The van der Waals surface area contributed by atoms with Gasteiger partial charge in [0.1, 0.15) is 0 Å². The molecule has 0 radical (unpaired) electrons. The first kappa shape index (κ1) is 18.1. The predicted molar refractivity (Wildman–Crippen MR) is 96.4 cm³/mol. The molecular weight excluding hydrogens is 286 g/mol. The maximum atomic E-state index is 5.67. The molecule has 130 valence electrons. The Kier molecular flexibility index (Phi) is 7.22. The van der Waals surface area contributed by atoms with E-state index in [0.717, 1.165) is 17.4 Å². The third-order valence-corrected chi connectivity index (χ3v) is 5.19. The molecule has 2 rings (SSSR count). The first-order valence-corrected chi connectivity index (χ1v) is 9.20. The quantitative estimate of drug-likeness (QED) is 0.635. The van der Waals surface area contributed by atoms with Gasteiger partial charge < -0.3 is 9.47 Å². The van der Waals surface area contributed by atoms with Gasteiger partial charge in [-0.1, -0.05) is 45.2 Å². The Morgan fingerprint density at radius 2 is 2.04 bits per heavy atom. The molecule has 1 aliphatic rings. The summed E-state index contributed by atoms with van der Waals surface area (Å²) in [4.78, 5) is 2.67. The zero-order valence-corrected chi connectivity index (χ0v) is 15.3. The fourth-order valence-electron chi connectivity index (χ4n) is 3.82. The second kappa shape index (κ2) is 9.17. The van der Waals surface area contributed by atoms with Gasteiger partial charge in [0.15, 0.2) is 11.5 Å². The van der Waals surface area contributed by atoms with E-state index in [1.54, 1.807) is 14.2 Å². The lowest BCUT2D eigenvalue weighted by atomic mass is 9.97. The van der Waals surface area contributed by atoms with Gasteiger partial charge in [-0.05, 0) is 37.8 Å². The normalized spacial score (nSPS) is 19.7. The van der Waals surface area contributed by atoms with Crippen molar-refractivity contribution in [2.75, 3.05) is 27.3 Å². The summed E-state index contributed by atoms with van der Waals surface area (Å²) in [6, 6.07) is 6.74. The number of ether oxygens (including phenoxy) is 2. The molecular formula is C20H33NO2. The van der Waals surface area contributed by atoms with Gasteiger partial charge in [0.05, 0.1) is 14.2 Å². The van der Waals surface area contributed by atoms with Crippen LogP contribution in [0.25, 0.3) is 0 Å². The second-order valence-corrected chi connectivity index (χ2v) is 6.65. The van der Waals surface area contributed by atoms with E-state index in [0.29, 0.717) is 6.04 Å². The zero-order valence-electron chi connectivity index (χ0n) is 15.3. The van der Waals surface area contributed by atoms with Gasteiger partial charge in [0.2, 0.25) is 0 Å². The summed E-state index contributed by atoms with van der Waals surface area (Å²) in [5.41, 5.74) is 1.29. The molecule has 3 heteroatoms. The second-order valence-electron chi connectivity index (χ2n) is 6.65. The zero-order chi connectivity index (χ0) is 16.7. The van der Waals surface area contributed by atoms with Gasteiger partial charge in [-0.3, -0.25) is 4.90 Å². The topological polar surface area (TPSA) is 21.7 Å². The molecule has 2 atom stereocenters. The average Bonchev–Trinajstić information content (AvgIpc) is 3.05. The Balaban J connectivity index is 2.15. The molecule has 0 aliphatic carbocycles. The SMILES string of the molecule is CCCCC(CC)CN1CCCC1c1cccc(OC)c1OC. The molecule has 2 unspecified atom stereocenters. The van der Waals surface area contributed by atoms with Crippen molar-refractivity contribution in [3.05, 3.63) is 23.8 Å². The lowest BCUT2D eigenvalue weighted by molar-refractivity contribution is 0.201. The highest BCUT2D eigenvalue weighted by Crippen LogP contribution is 2.41. The number of hydrogen-bond donors (Lipinski definition) is 0. The standard InChI is InChI=1S/C20H33NO2/c1-5-7-10-16(6-2)15-21-14-9-12-18(21)17-11-8-13-19(22-3)20(17)23-4/h8,11,13,16,18H,5-7,9-10,12,14-15H2,1-4H3. The van der Waals surface area contributed by atoms with E-state index in [2.05, 4.69) is 30.9 Å². The lowest BCUT2D eigenvalue weighted by Crippen LogP contribution is -2.29. The average molecular weight is 319 g/mol. The highest BCUT2D eigenvalue weighted by atomic mass is 16.5. The first-order valence-electron chi connectivity index (χ1n) is 9.20. The first-order chi connectivity index (χ1) is 11.2. The summed E-state index contributed by atoms with van der Waals surface area (Å²) in [6.07, 6.45) is 7.76. The van der Waals surface area contributed by atoms with Crippen molar-refractivity contribution in [1.82, 2.24) is 4.90 Å². The summed E-state index contributed by atoms with van der Waals surface area (Å²) in [5, 5.41) is 0. The van der Waals surface area contributed by atoms with Gasteiger partial charge in [0.25, 0.3) is 0 Å². The number of methoxy groups -OCH3 is 2. The largest absolute Gasteiger partial charge is 0.493 e. The predicted octanol–water partition coefficient (Wildman–Crippen LogP) is 5.06. The summed E-state index contributed by atoms with van der Waals surface area (Å²) >= 11 is 0. The van der Waals surface area contributed by atoms with Gasteiger partial charge in [-0.15, -0.1) is 0 Å². The van der Waals surface area contributed by atoms with Crippen LogP contribution in [0.1, 0.15) is 64.0 Å². The van der Waals surface area contributed by atoms with Crippen LogP contribution < -0.4 is 9.47 Å². The Morgan fingerprint density at radius 1 is 1.22 bits per heavy atom. The van der Waals surface area contributed by atoms with Crippen LogP contribution in [0.15, 0.2) is 18.2 Å². The molecule has 0 amide bonds. The number of likely N-dealkylation sites (tertiary alicyclic amines) is 1. The van der Waals surface area contributed by atoms with Crippen molar-refractivity contribution in [2.45, 2.75) is 58.4 Å². The van der Waals surface area contributed by atoms with E-state index in [1.165, 1.54) is 57.2 Å². The van der Waals surface area contributed by atoms with Crippen molar-refractivity contribution in [3.63, 3.8) is 0 Å². The molecule has 1 heterocycles. The molecule has 23 heavy (non-hydrogen) atoms. The van der Waals surface area contributed by atoms with Crippen LogP contribution in [0.3, 0.4) is 0 Å². The number of benzene rings is 1. The fraction of sp³-hybridized carbons (Fsp3) is 0.700. The van der Waals surface area contributed by atoms with E-state index in [-0.39, 0.29) is 0 Å². The minimum Gasteiger partial charge on any atom is -0.493 e. The molecule has 1 aromatic rings. The van der Waals surface area contributed by atoms with Gasteiger partial charge in [-0.25, -0.2) is 0 Å². The van der Waals surface area contributed by atoms with Crippen LogP contribution in [-0.4, -0.2) is 32.2 Å². The molecule has 0 aromatic heterocycles. The van der Waals surface area contributed by atoms with Gasteiger partial charge >= 0.3 is 0 Å². The third kappa shape index (κ3) is 4.41. The maximum Gasteiger partial charge on any atom is 0.165 e. The molecule has 1 aromatic carbocycles. The monoisotopic (exact) mass is 319 g/mol. The molecule has 3 nitrogen and oxygen atoms in total. The Bertz CT molecular complexity index is 475. The van der Waals surface area contributed by atoms with Crippen molar-refractivity contribution in [2.24, 2.45) is 5.92 Å². The minimum atomic E-state index is 0.468. The van der Waals surface area contributed by atoms with Crippen LogP contribution in [0.5, 0.6) is 11.5 Å². The number of hydrogen-bond acceptors (Lipinski definition) is 3. The molecule has 0 spiro atoms. The van der Waals surface area contributed by atoms with Gasteiger partial charge in [0, 0.05) is 18.2 Å². The molecule has 0 saturated carbocycles. The number of rotatable bonds is 9. The Morgan fingerprint density at radius 3 is 2.70 bits per heavy atom. The Hall–Kier alpha value is -1.22. The molecule has 0 N–H and O–H groups in total. The number of para-hydroxylation sites is 1. The van der Waals surface area contributed by atoms with E-state index in [4.69, 9.17) is 9.47 Å². The molecule has 0 bridgehead atoms. The summed E-state index contributed by atoms with van der Waals surface area (Å²) < 4.78 is 11.2. The third-order valence-electron chi connectivity index (χ3n) is 5.19. The highest BCUT2D eigenvalue weighted by molar-refractivity contribution is 5.48. The minimum absolute atomic E-state index is 0.468. The van der Waals surface area contributed by atoms with E-state index < -0.39 is 0 Å². The summed E-state index contributed by atoms with van der Waals surface area (Å²) in [5.74, 6) is 2.57. The molecule has 1 saturated heterocycles. The van der Waals surface area contributed by atoms with Gasteiger partial charge in [-0.2, -0.15) is 0 Å². The Labute approximate surface area is 142 Å². The highest BCUT2D eigenvalue weighted by Gasteiger charge is 2.30. The van der Waals surface area contributed by atoms with E-state index in [1.807, 2.05) is 6.07 Å². The van der Waals surface area contributed by atoms with E-state index >= 15 is 0 Å². The maximum absolute atomic E-state index is 5.67. The number of unbranched alkanes of at least 4 members (excludes halogenated alkanes) is 1. The van der Waals surface area contributed by atoms with Crippen molar-refractivity contribution >= 4 is 0 Å². The molecule has 1 aliphatic heterocycles. The van der Waals surface area contributed by atoms with Crippen LogP contribution in [0.4, 0.5) is 0 Å².